The third-order valence-corrected chi connectivity index (χ3v) is 5.87. The standard InChI is InChI=1S/C24H27FN6O2/c1-16-21(15-30(2)29-16)31(24(33)20-14-26-11-12-27-20)22(17-7-6-8-18(25)13-17)23(32)28-19-9-4-3-5-10-19/h6-8,11-15,19,22H,3-5,9-10H2,1-2H3,(H,28,32)/t22-/m1/s1. The van der Waals surface area contributed by atoms with Crippen LogP contribution in [-0.2, 0) is 11.8 Å². The van der Waals surface area contributed by atoms with E-state index in [1.165, 1.54) is 41.7 Å². The van der Waals surface area contributed by atoms with Crippen LogP contribution in [0.2, 0.25) is 0 Å². The maximum Gasteiger partial charge on any atom is 0.279 e. The van der Waals surface area contributed by atoms with Crippen LogP contribution in [0.5, 0.6) is 0 Å². The Morgan fingerprint density at radius 3 is 2.64 bits per heavy atom. The van der Waals surface area contributed by atoms with Gasteiger partial charge >= 0.3 is 0 Å². The summed E-state index contributed by atoms with van der Waals surface area (Å²) < 4.78 is 15.8. The minimum Gasteiger partial charge on any atom is -0.351 e. The van der Waals surface area contributed by atoms with Gasteiger partial charge in [0, 0.05) is 31.7 Å². The van der Waals surface area contributed by atoms with Crippen LogP contribution >= 0.6 is 0 Å². The Balaban J connectivity index is 1.82. The van der Waals surface area contributed by atoms with Gasteiger partial charge in [0.25, 0.3) is 5.91 Å². The van der Waals surface area contributed by atoms with Crippen molar-refractivity contribution in [3.63, 3.8) is 0 Å². The van der Waals surface area contributed by atoms with Crippen LogP contribution in [0, 0.1) is 12.7 Å². The molecule has 1 aliphatic rings. The smallest absolute Gasteiger partial charge is 0.279 e. The molecule has 2 heterocycles. The van der Waals surface area contributed by atoms with Crippen molar-refractivity contribution in [2.24, 2.45) is 7.05 Å². The first-order valence-corrected chi connectivity index (χ1v) is 11.1. The number of aryl methyl sites for hydroxylation is 2. The second-order valence-electron chi connectivity index (χ2n) is 8.34. The summed E-state index contributed by atoms with van der Waals surface area (Å²) in [7, 11) is 1.74. The van der Waals surface area contributed by atoms with Crippen LogP contribution < -0.4 is 10.2 Å². The fraction of sp³-hybridized carbons (Fsp3) is 0.375. The number of benzene rings is 1. The number of nitrogens with one attached hydrogen (secondary N) is 1. The lowest BCUT2D eigenvalue weighted by molar-refractivity contribution is -0.123. The molecule has 2 aromatic heterocycles. The number of carbonyl (C=O) groups is 2. The Bertz CT molecular complexity index is 1130. The molecule has 0 bridgehead atoms. The molecule has 1 aliphatic carbocycles. The topological polar surface area (TPSA) is 93.0 Å². The normalized spacial score (nSPS) is 15.1. The van der Waals surface area contributed by atoms with E-state index in [9.17, 15) is 14.0 Å². The second-order valence-corrected chi connectivity index (χ2v) is 8.34. The van der Waals surface area contributed by atoms with Crippen molar-refractivity contribution in [3.05, 3.63) is 71.8 Å². The highest BCUT2D eigenvalue weighted by Gasteiger charge is 2.37. The number of hydrogen-bond acceptors (Lipinski definition) is 5. The fourth-order valence-corrected chi connectivity index (χ4v) is 4.34. The minimum atomic E-state index is -1.11. The van der Waals surface area contributed by atoms with Crippen LogP contribution in [-0.4, -0.2) is 37.6 Å². The Morgan fingerprint density at radius 2 is 2.00 bits per heavy atom. The van der Waals surface area contributed by atoms with Crippen molar-refractivity contribution in [2.75, 3.05) is 4.90 Å². The summed E-state index contributed by atoms with van der Waals surface area (Å²) in [5.41, 5.74) is 1.44. The van der Waals surface area contributed by atoms with Gasteiger partial charge in [-0.15, -0.1) is 0 Å². The molecule has 172 valence electrons. The summed E-state index contributed by atoms with van der Waals surface area (Å²) in [5.74, 6) is -1.38. The van der Waals surface area contributed by atoms with E-state index in [0.717, 1.165) is 32.1 Å². The first-order chi connectivity index (χ1) is 15.9. The summed E-state index contributed by atoms with van der Waals surface area (Å²) in [6, 6.07) is 4.69. The van der Waals surface area contributed by atoms with E-state index < -0.39 is 17.8 Å². The number of amides is 2. The summed E-state index contributed by atoms with van der Waals surface area (Å²) in [4.78, 5) is 36.9. The van der Waals surface area contributed by atoms with Crippen molar-refractivity contribution in [1.29, 1.82) is 0 Å². The summed E-state index contributed by atoms with van der Waals surface area (Å²) in [6.45, 7) is 1.76. The van der Waals surface area contributed by atoms with Gasteiger partial charge in [0.1, 0.15) is 17.6 Å². The molecule has 1 atom stereocenters. The lowest BCUT2D eigenvalue weighted by atomic mass is 9.94. The number of anilines is 1. The van der Waals surface area contributed by atoms with Crippen LogP contribution in [0.15, 0.2) is 49.1 Å². The quantitative estimate of drug-likeness (QED) is 0.621. The molecule has 0 radical (unpaired) electrons. The minimum absolute atomic E-state index is 0.0192. The first-order valence-electron chi connectivity index (χ1n) is 11.1. The average Bonchev–Trinajstić information content (AvgIpc) is 3.15. The van der Waals surface area contributed by atoms with Crippen LogP contribution in [0.4, 0.5) is 10.1 Å². The zero-order valence-electron chi connectivity index (χ0n) is 18.7. The first kappa shape index (κ1) is 22.6. The van der Waals surface area contributed by atoms with Crippen LogP contribution in [0.25, 0.3) is 0 Å². The third kappa shape index (κ3) is 5.08. The van der Waals surface area contributed by atoms with E-state index in [0.29, 0.717) is 16.9 Å². The molecule has 1 aromatic carbocycles. The van der Waals surface area contributed by atoms with Gasteiger partial charge in [-0.25, -0.2) is 9.37 Å². The number of halogens is 1. The van der Waals surface area contributed by atoms with Gasteiger partial charge in [0.05, 0.1) is 17.6 Å². The molecule has 0 aliphatic heterocycles. The summed E-state index contributed by atoms with van der Waals surface area (Å²) in [5, 5.41) is 7.46. The van der Waals surface area contributed by atoms with Crippen molar-refractivity contribution in [2.45, 2.75) is 51.1 Å². The molecule has 4 rings (SSSR count). The molecule has 2 amide bonds. The van der Waals surface area contributed by atoms with Crippen LogP contribution in [0.3, 0.4) is 0 Å². The summed E-state index contributed by atoms with van der Waals surface area (Å²) in [6.07, 6.45) is 10.9. The highest BCUT2D eigenvalue weighted by Crippen LogP contribution is 2.32. The number of carbonyl (C=O) groups excluding carboxylic acids is 2. The molecule has 1 fully saturated rings. The lowest BCUT2D eigenvalue weighted by Gasteiger charge is -2.32. The third-order valence-electron chi connectivity index (χ3n) is 5.87. The van der Waals surface area contributed by atoms with Crippen molar-refractivity contribution < 1.29 is 14.0 Å². The largest absolute Gasteiger partial charge is 0.351 e. The molecule has 0 spiro atoms. The number of aromatic nitrogens is 4. The van der Waals surface area contributed by atoms with E-state index >= 15 is 0 Å². The Labute approximate surface area is 191 Å². The van der Waals surface area contributed by atoms with E-state index in [1.54, 1.807) is 30.9 Å². The van der Waals surface area contributed by atoms with Gasteiger partial charge in [0.2, 0.25) is 5.91 Å². The molecule has 3 aromatic rings. The molecule has 8 nitrogen and oxygen atoms in total. The molecule has 33 heavy (non-hydrogen) atoms. The lowest BCUT2D eigenvalue weighted by Crippen LogP contribution is -2.47. The molecule has 1 N–H and O–H groups in total. The number of hydrogen-bond donors (Lipinski definition) is 1. The van der Waals surface area contributed by atoms with Gasteiger partial charge in [-0.1, -0.05) is 31.4 Å². The van der Waals surface area contributed by atoms with Gasteiger partial charge in [-0.2, -0.15) is 5.10 Å². The van der Waals surface area contributed by atoms with E-state index in [1.807, 2.05) is 0 Å². The SMILES string of the molecule is Cc1nn(C)cc1N(C(=O)c1cnccn1)[C@@H](C(=O)NC1CCCCC1)c1cccc(F)c1. The average molecular weight is 451 g/mol. The molecule has 9 heteroatoms. The predicted octanol–water partition coefficient (Wildman–Crippen LogP) is 3.49. The maximum absolute atomic E-state index is 14.2. The van der Waals surface area contributed by atoms with Crippen molar-refractivity contribution in [3.8, 4) is 0 Å². The molecule has 0 saturated heterocycles. The number of rotatable bonds is 6. The second kappa shape index (κ2) is 9.89. The Morgan fingerprint density at radius 1 is 1.21 bits per heavy atom. The predicted molar refractivity (Wildman–Crippen MR) is 121 cm³/mol. The number of nitrogens with zero attached hydrogens (tertiary/aromatic N) is 5. The monoisotopic (exact) mass is 450 g/mol. The van der Waals surface area contributed by atoms with Crippen molar-refractivity contribution >= 4 is 17.5 Å². The molecular formula is C24H27FN6O2. The van der Waals surface area contributed by atoms with Gasteiger partial charge in [-0.05, 0) is 37.5 Å². The Hall–Kier alpha value is -3.62. The van der Waals surface area contributed by atoms with E-state index in [2.05, 4.69) is 20.4 Å². The highest BCUT2D eigenvalue weighted by atomic mass is 19.1. The van der Waals surface area contributed by atoms with Gasteiger partial charge < -0.3 is 5.32 Å². The van der Waals surface area contributed by atoms with E-state index in [4.69, 9.17) is 0 Å². The van der Waals surface area contributed by atoms with Gasteiger partial charge in [-0.3, -0.25) is 24.2 Å². The molecule has 0 unspecified atom stereocenters. The molecule has 1 saturated carbocycles. The van der Waals surface area contributed by atoms with Gasteiger partial charge in [0.15, 0.2) is 0 Å². The molecular weight excluding hydrogens is 423 g/mol. The van der Waals surface area contributed by atoms with Crippen molar-refractivity contribution in [1.82, 2.24) is 25.1 Å². The zero-order chi connectivity index (χ0) is 23.4. The zero-order valence-corrected chi connectivity index (χ0v) is 18.7. The van der Waals surface area contributed by atoms with E-state index in [-0.39, 0.29) is 17.6 Å². The highest BCUT2D eigenvalue weighted by molar-refractivity contribution is 6.09. The van der Waals surface area contributed by atoms with Crippen LogP contribution in [0.1, 0.15) is 59.9 Å². The Kier molecular flexibility index (Phi) is 6.76. The fourth-order valence-electron chi connectivity index (χ4n) is 4.34. The summed E-state index contributed by atoms with van der Waals surface area (Å²) >= 11 is 0. The maximum atomic E-state index is 14.2.